The largest absolute Gasteiger partial charge is 0.377 e. The van der Waals surface area contributed by atoms with E-state index in [2.05, 4.69) is 11.5 Å². The lowest BCUT2D eigenvalue weighted by Crippen LogP contribution is -2.25. The van der Waals surface area contributed by atoms with Gasteiger partial charge in [-0.2, -0.15) is 0 Å². The van der Waals surface area contributed by atoms with Crippen LogP contribution in [-0.2, 0) is 9.47 Å². The van der Waals surface area contributed by atoms with E-state index >= 15 is 0 Å². The molecule has 0 radical (unpaired) electrons. The molecule has 0 unspecified atom stereocenters. The molecular formula is C10H19N3O2. The second-order valence-corrected chi connectivity index (χ2v) is 3.14. The van der Waals surface area contributed by atoms with Crippen LogP contribution < -0.4 is 5.73 Å². The highest BCUT2D eigenvalue weighted by Gasteiger charge is 2.08. The number of ether oxygens (including phenoxy) is 2. The van der Waals surface area contributed by atoms with Crippen molar-refractivity contribution in [1.82, 2.24) is 9.80 Å². The molecule has 5 heteroatoms. The van der Waals surface area contributed by atoms with Crippen molar-refractivity contribution in [3.05, 3.63) is 25.2 Å². The molecule has 2 N–H and O–H groups in total. The van der Waals surface area contributed by atoms with Crippen LogP contribution in [-0.4, -0.2) is 49.6 Å². The Kier molecular flexibility index (Phi) is 5.84. The summed E-state index contributed by atoms with van der Waals surface area (Å²) < 4.78 is 10.3. The highest BCUT2D eigenvalue weighted by Crippen LogP contribution is 2.05. The van der Waals surface area contributed by atoms with E-state index in [4.69, 9.17) is 15.2 Å². The van der Waals surface area contributed by atoms with Crippen LogP contribution in [0.3, 0.4) is 0 Å². The number of nitrogens with two attached hydrogens (primary N) is 1. The zero-order chi connectivity index (χ0) is 10.9. The molecule has 1 aliphatic heterocycles. The molecule has 86 valence electrons. The van der Waals surface area contributed by atoms with Gasteiger partial charge >= 0.3 is 0 Å². The molecular weight excluding hydrogens is 194 g/mol. The lowest BCUT2D eigenvalue weighted by molar-refractivity contribution is 0.0440. The Morgan fingerprint density at radius 3 is 2.73 bits per heavy atom. The van der Waals surface area contributed by atoms with Gasteiger partial charge in [0.15, 0.2) is 0 Å². The third-order valence-corrected chi connectivity index (χ3v) is 2.06. The SMILES string of the molecule is C=CN1C=CN(CCOCCOCN)C1. The highest BCUT2D eigenvalue weighted by atomic mass is 16.5. The lowest BCUT2D eigenvalue weighted by atomic mass is 10.6. The van der Waals surface area contributed by atoms with E-state index < -0.39 is 0 Å². The van der Waals surface area contributed by atoms with E-state index in [1.807, 2.05) is 17.3 Å². The molecule has 0 fully saturated rings. The monoisotopic (exact) mass is 213 g/mol. The van der Waals surface area contributed by atoms with Gasteiger partial charge in [0.1, 0.15) is 0 Å². The maximum Gasteiger partial charge on any atom is 0.0941 e. The first-order valence-corrected chi connectivity index (χ1v) is 5.03. The summed E-state index contributed by atoms with van der Waals surface area (Å²) in [6.07, 6.45) is 5.82. The Morgan fingerprint density at radius 1 is 1.27 bits per heavy atom. The van der Waals surface area contributed by atoms with Crippen molar-refractivity contribution >= 4 is 0 Å². The average Bonchev–Trinajstić information content (AvgIpc) is 2.71. The third-order valence-electron chi connectivity index (χ3n) is 2.06. The third kappa shape index (κ3) is 4.83. The van der Waals surface area contributed by atoms with E-state index in [0.29, 0.717) is 19.8 Å². The first kappa shape index (κ1) is 12.0. The average molecular weight is 213 g/mol. The van der Waals surface area contributed by atoms with E-state index in [-0.39, 0.29) is 6.73 Å². The molecule has 15 heavy (non-hydrogen) atoms. The lowest BCUT2D eigenvalue weighted by Gasteiger charge is -2.18. The maximum atomic E-state index is 5.37. The standard InChI is InChI=1S/C10H19N3O2/c1-2-12-3-4-13(10-12)5-6-14-7-8-15-9-11/h2-4H,1,5-11H2. The molecule has 1 heterocycles. The summed E-state index contributed by atoms with van der Waals surface area (Å²) >= 11 is 0. The molecule has 0 aromatic heterocycles. The fraction of sp³-hybridized carbons (Fsp3) is 0.600. The van der Waals surface area contributed by atoms with E-state index in [1.54, 1.807) is 6.20 Å². The van der Waals surface area contributed by atoms with Crippen molar-refractivity contribution in [2.75, 3.05) is 39.8 Å². The van der Waals surface area contributed by atoms with E-state index in [0.717, 1.165) is 13.2 Å². The summed E-state index contributed by atoms with van der Waals surface area (Å²) in [6.45, 7) is 7.54. The molecule has 0 bridgehead atoms. The number of nitrogens with zero attached hydrogens (tertiary/aromatic N) is 2. The number of hydrogen-bond donors (Lipinski definition) is 1. The summed E-state index contributed by atoms with van der Waals surface area (Å²) in [6, 6.07) is 0. The van der Waals surface area contributed by atoms with Gasteiger partial charge in [-0.25, -0.2) is 0 Å². The minimum Gasteiger partial charge on any atom is -0.377 e. The van der Waals surface area contributed by atoms with Gasteiger partial charge in [0.25, 0.3) is 0 Å². The van der Waals surface area contributed by atoms with Crippen molar-refractivity contribution in [3.63, 3.8) is 0 Å². The predicted octanol–water partition coefficient (Wildman–Crippen LogP) is 0.126. The van der Waals surface area contributed by atoms with Crippen molar-refractivity contribution in [3.8, 4) is 0 Å². The molecule has 0 saturated heterocycles. The molecule has 0 spiro atoms. The Bertz CT molecular complexity index is 209. The summed E-state index contributed by atoms with van der Waals surface area (Å²) in [7, 11) is 0. The Balaban J connectivity index is 1.93. The molecule has 0 aromatic carbocycles. The topological polar surface area (TPSA) is 51.0 Å². The quantitative estimate of drug-likeness (QED) is 0.458. The van der Waals surface area contributed by atoms with E-state index in [1.165, 1.54) is 0 Å². The second kappa shape index (κ2) is 7.28. The fourth-order valence-corrected chi connectivity index (χ4v) is 1.23. The van der Waals surface area contributed by atoms with E-state index in [9.17, 15) is 0 Å². The minimum absolute atomic E-state index is 0.256. The van der Waals surface area contributed by atoms with Crippen LogP contribution in [0, 0.1) is 0 Å². The zero-order valence-electron chi connectivity index (χ0n) is 8.97. The van der Waals surface area contributed by atoms with Crippen LogP contribution >= 0.6 is 0 Å². The smallest absolute Gasteiger partial charge is 0.0941 e. The summed E-state index contributed by atoms with van der Waals surface area (Å²) in [5.74, 6) is 0. The highest BCUT2D eigenvalue weighted by molar-refractivity contribution is 4.94. The summed E-state index contributed by atoms with van der Waals surface area (Å²) in [4.78, 5) is 4.17. The first-order chi connectivity index (χ1) is 7.36. The van der Waals surface area contributed by atoms with Gasteiger partial charge in [-0.15, -0.1) is 0 Å². The molecule has 0 aromatic rings. The van der Waals surface area contributed by atoms with Gasteiger partial charge in [-0.3, -0.25) is 0 Å². The zero-order valence-corrected chi connectivity index (χ0v) is 8.97. The summed E-state index contributed by atoms with van der Waals surface area (Å²) in [5.41, 5.74) is 5.16. The molecule has 1 rings (SSSR count). The van der Waals surface area contributed by atoms with Gasteiger partial charge in [-0.1, -0.05) is 6.58 Å². The van der Waals surface area contributed by atoms with Crippen molar-refractivity contribution in [1.29, 1.82) is 0 Å². The first-order valence-electron chi connectivity index (χ1n) is 5.03. The second-order valence-electron chi connectivity index (χ2n) is 3.14. The van der Waals surface area contributed by atoms with Crippen LogP contribution in [0.5, 0.6) is 0 Å². The summed E-state index contributed by atoms with van der Waals surface area (Å²) in [5, 5.41) is 0. The van der Waals surface area contributed by atoms with Gasteiger partial charge in [0.2, 0.25) is 0 Å². The molecule has 5 nitrogen and oxygen atoms in total. The Morgan fingerprint density at radius 2 is 2.07 bits per heavy atom. The van der Waals surface area contributed by atoms with Crippen LogP contribution in [0.1, 0.15) is 0 Å². The fourth-order valence-electron chi connectivity index (χ4n) is 1.23. The number of rotatable bonds is 8. The Labute approximate surface area is 90.7 Å². The Hall–Kier alpha value is -1.04. The van der Waals surface area contributed by atoms with Crippen molar-refractivity contribution < 1.29 is 9.47 Å². The van der Waals surface area contributed by atoms with Gasteiger partial charge in [0.05, 0.1) is 33.2 Å². The minimum atomic E-state index is 0.256. The maximum absolute atomic E-state index is 5.37. The van der Waals surface area contributed by atoms with Gasteiger partial charge < -0.3 is 25.0 Å². The van der Waals surface area contributed by atoms with Crippen LogP contribution in [0.4, 0.5) is 0 Å². The number of hydrogen-bond acceptors (Lipinski definition) is 5. The van der Waals surface area contributed by atoms with Crippen molar-refractivity contribution in [2.45, 2.75) is 0 Å². The normalized spacial score (nSPS) is 15.0. The van der Waals surface area contributed by atoms with Crippen molar-refractivity contribution in [2.24, 2.45) is 5.73 Å². The van der Waals surface area contributed by atoms with Gasteiger partial charge in [0, 0.05) is 18.9 Å². The molecule has 0 aliphatic carbocycles. The predicted molar refractivity (Wildman–Crippen MR) is 58.6 cm³/mol. The molecule has 0 amide bonds. The van der Waals surface area contributed by atoms with Crippen LogP contribution in [0.15, 0.2) is 25.2 Å². The molecule has 0 saturated carbocycles. The molecule has 0 atom stereocenters. The van der Waals surface area contributed by atoms with Gasteiger partial charge in [-0.05, 0) is 6.20 Å². The van der Waals surface area contributed by atoms with Crippen LogP contribution in [0.2, 0.25) is 0 Å². The molecule has 1 aliphatic rings. The van der Waals surface area contributed by atoms with Crippen LogP contribution in [0.25, 0.3) is 0 Å².